The van der Waals surface area contributed by atoms with Gasteiger partial charge in [-0.05, 0) is 10.7 Å². The second kappa shape index (κ2) is 6.11. The molecule has 0 aliphatic heterocycles. The highest BCUT2D eigenvalue weighted by atomic mass is 32.1. The van der Waals surface area contributed by atoms with Crippen molar-refractivity contribution in [1.82, 2.24) is 5.64 Å². The Labute approximate surface area is 44.2 Å². The van der Waals surface area contributed by atoms with Crippen LogP contribution in [0.5, 0.6) is 0 Å². The van der Waals surface area contributed by atoms with Crippen molar-refractivity contribution >= 4 is 12.9 Å². The first kappa shape index (κ1) is 7.11. The van der Waals surface area contributed by atoms with Gasteiger partial charge in [-0.2, -0.15) is 0 Å². The van der Waals surface area contributed by atoms with Gasteiger partial charge in [0.2, 0.25) is 0 Å². The molecule has 0 amide bonds. The molecule has 0 saturated carbocycles. The maximum absolute atomic E-state index is 7.35. The smallest absolute Gasteiger partial charge is 0.0170 e. The third-order valence-electron chi connectivity index (χ3n) is 0.143. The van der Waals surface area contributed by atoms with E-state index in [9.17, 15) is 0 Å². The lowest BCUT2D eigenvalue weighted by Gasteiger charge is -1.92. The van der Waals surface area contributed by atoms with Crippen molar-refractivity contribution in [3.05, 3.63) is 0 Å². The van der Waals surface area contributed by atoms with E-state index in [2.05, 4.69) is 32.3 Å². The van der Waals surface area contributed by atoms with Crippen LogP contribution in [-0.4, -0.2) is 5.26 Å². The van der Waals surface area contributed by atoms with E-state index in [0.717, 1.165) is 0 Å². The number of hydrogen-bond acceptors (Lipinski definition) is 7. The number of rotatable bonds is 4. The van der Waals surface area contributed by atoms with Gasteiger partial charge in [0.25, 0.3) is 0 Å². The Morgan fingerprint density at radius 1 is 1.43 bits per heavy atom. The monoisotopic (exact) mass is 129 g/mol. The highest BCUT2D eigenvalue weighted by molar-refractivity contribution is 7.74. The SMILES string of the molecule is OOONOOS. The lowest BCUT2D eigenvalue weighted by Crippen LogP contribution is -2.12. The van der Waals surface area contributed by atoms with Gasteiger partial charge < -0.3 is 0 Å². The van der Waals surface area contributed by atoms with Crippen molar-refractivity contribution in [2.75, 3.05) is 0 Å². The molecule has 0 aromatic heterocycles. The molecule has 0 spiro atoms. The van der Waals surface area contributed by atoms with Gasteiger partial charge in [-0.15, -0.1) is 9.32 Å². The fourth-order valence-electron chi connectivity index (χ4n) is 0.0443. The van der Waals surface area contributed by atoms with E-state index < -0.39 is 0 Å². The van der Waals surface area contributed by atoms with Crippen molar-refractivity contribution < 1.29 is 24.6 Å². The summed E-state index contributed by atoms with van der Waals surface area (Å²) < 4.78 is 3.61. The van der Waals surface area contributed by atoms with Gasteiger partial charge in [0.15, 0.2) is 0 Å². The molecule has 0 heterocycles. The van der Waals surface area contributed by atoms with Crippen LogP contribution in [0, 0.1) is 0 Å². The zero-order valence-electron chi connectivity index (χ0n) is 3.03. The Morgan fingerprint density at radius 3 is 2.57 bits per heavy atom. The molecule has 7 heavy (non-hydrogen) atoms. The predicted molar refractivity (Wildman–Crippen MR) is 19.1 cm³/mol. The summed E-state index contributed by atoms with van der Waals surface area (Å²) in [4.78, 5) is 7.16. The van der Waals surface area contributed by atoms with E-state index in [4.69, 9.17) is 5.26 Å². The minimum atomic E-state index is 1.51. The molecule has 0 aliphatic rings. The topological polar surface area (TPSA) is 69.2 Å². The van der Waals surface area contributed by atoms with E-state index >= 15 is 0 Å². The van der Waals surface area contributed by atoms with Crippen LogP contribution < -0.4 is 5.64 Å². The summed E-state index contributed by atoms with van der Waals surface area (Å²) in [7, 11) is 0. The summed E-state index contributed by atoms with van der Waals surface area (Å²) in [6, 6.07) is 0. The summed E-state index contributed by atoms with van der Waals surface area (Å²) in [5, 5.41) is 10.3. The van der Waals surface area contributed by atoms with E-state index in [1.54, 1.807) is 0 Å². The van der Waals surface area contributed by atoms with Crippen LogP contribution in [0.25, 0.3) is 0 Å². The zero-order chi connectivity index (χ0) is 5.54. The quantitative estimate of drug-likeness (QED) is 0.158. The summed E-state index contributed by atoms with van der Waals surface area (Å²) in [5.74, 6) is 0. The van der Waals surface area contributed by atoms with Gasteiger partial charge in [0, 0.05) is 12.9 Å². The Hall–Kier alpha value is 0.110. The molecule has 0 bridgehead atoms. The highest BCUT2D eigenvalue weighted by Gasteiger charge is 1.78. The van der Waals surface area contributed by atoms with Crippen LogP contribution in [-0.2, 0) is 19.3 Å². The minimum absolute atomic E-state index is 1.51. The average Bonchev–Trinajstić information content (AvgIpc) is 1.69. The van der Waals surface area contributed by atoms with Crippen molar-refractivity contribution in [2.24, 2.45) is 0 Å². The molecule has 44 valence electrons. The summed E-state index contributed by atoms with van der Waals surface area (Å²) >= 11 is 3.09. The van der Waals surface area contributed by atoms with Crippen molar-refractivity contribution in [2.45, 2.75) is 0 Å². The molecule has 0 saturated heterocycles. The molecule has 6 nitrogen and oxygen atoms in total. The Kier molecular flexibility index (Phi) is 6.21. The van der Waals surface area contributed by atoms with Gasteiger partial charge in [0.1, 0.15) is 0 Å². The molecule has 0 unspecified atom stereocenters. The average molecular weight is 129 g/mol. The van der Waals surface area contributed by atoms with Gasteiger partial charge in [-0.3, -0.25) is 0 Å². The second-order valence-electron chi connectivity index (χ2n) is 0.399. The number of hydrogen-bond donors (Lipinski definition) is 3. The predicted octanol–water partition coefficient (Wildman–Crippen LogP) is -0.380. The van der Waals surface area contributed by atoms with E-state index in [0.29, 0.717) is 0 Å². The zero-order valence-corrected chi connectivity index (χ0v) is 3.92. The molecule has 2 N–H and O–H groups in total. The summed E-state index contributed by atoms with van der Waals surface area (Å²) in [5.41, 5.74) is 1.51. The van der Waals surface area contributed by atoms with E-state index in [-0.39, 0.29) is 0 Å². The van der Waals surface area contributed by atoms with Gasteiger partial charge in [-0.25, -0.2) is 5.26 Å². The maximum atomic E-state index is 7.35. The first-order chi connectivity index (χ1) is 3.41. The summed E-state index contributed by atoms with van der Waals surface area (Å²) in [6.45, 7) is 0. The van der Waals surface area contributed by atoms with Crippen LogP contribution in [0.2, 0.25) is 0 Å². The molecule has 0 atom stereocenters. The van der Waals surface area contributed by atoms with Crippen molar-refractivity contribution in [3.8, 4) is 0 Å². The summed E-state index contributed by atoms with van der Waals surface area (Å²) in [6.07, 6.45) is 0. The Balaban J connectivity index is 2.45. The standard InChI is InChI=1S/H3NO5S/c2-5-3-1-4-6-7/h1-2,7H. The molecular formula is H3NO5S. The van der Waals surface area contributed by atoms with Gasteiger partial charge in [0.05, 0.1) is 0 Å². The number of thiol groups is 1. The lowest BCUT2D eigenvalue weighted by molar-refractivity contribution is -0.565. The first-order valence-corrected chi connectivity index (χ1v) is 1.47. The van der Waals surface area contributed by atoms with Gasteiger partial charge in [-0.1, -0.05) is 4.99 Å². The molecule has 0 rings (SSSR count). The van der Waals surface area contributed by atoms with E-state index in [1.807, 2.05) is 0 Å². The fourth-order valence-corrected chi connectivity index (χ4v) is 0.0747. The van der Waals surface area contributed by atoms with Crippen LogP contribution in [0.1, 0.15) is 0 Å². The second-order valence-corrected chi connectivity index (χ2v) is 0.548. The van der Waals surface area contributed by atoms with Crippen LogP contribution in [0.4, 0.5) is 0 Å². The van der Waals surface area contributed by atoms with E-state index in [1.165, 1.54) is 5.64 Å². The molecule has 0 fully saturated rings. The molecule has 0 aromatic rings. The normalized spacial score (nSPS) is 9.43. The molecule has 0 aliphatic carbocycles. The molecule has 0 aromatic carbocycles. The first-order valence-electron chi connectivity index (χ1n) is 1.11. The maximum Gasteiger partial charge on any atom is 0.0170 e. The third kappa shape index (κ3) is 6.11. The van der Waals surface area contributed by atoms with Crippen LogP contribution in [0.3, 0.4) is 0 Å². The van der Waals surface area contributed by atoms with Gasteiger partial charge >= 0.3 is 0 Å². The molecule has 0 radical (unpaired) electrons. The highest BCUT2D eigenvalue weighted by Crippen LogP contribution is 1.74. The Morgan fingerprint density at radius 2 is 2.14 bits per heavy atom. The Bertz CT molecular complexity index is 27.3. The fraction of sp³-hybridized carbons (Fsp3) is 0. The van der Waals surface area contributed by atoms with Crippen LogP contribution in [0.15, 0.2) is 0 Å². The number of nitrogens with one attached hydrogen (secondary N) is 1. The lowest BCUT2D eigenvalue weighted by atomic mass is 13.2. The minimum Gasteiger partial charge on any atom is -0.220 e. The molecule has 7 heteroatoms. The van der Waals surface area contributed by atoms with Crippen molar-refractivity contribution in [3.63, 3.8) is 0 Å². The van der Waals surface area contributed by atoms with Crippen LogP contribution >= 0.6 is 12.9 Å². The third-order valence-corrected chi connectivity index (χ3v) is 0.217. The molecular weight excluding hydrogens is 126 g/mol. The largest absolute Gasteiger partial charge is 0.220 e. The van der Waals surface area contributed by atoms with Crippen molar-refractivity contribution in [1.29, 1.82) is 0 Å².